The van der Waals surface area contributed by atoms with Gasteiger partial charge in [-0.25, -0.2) is 9.97 Å². The Morgan fingerprint density at radius 1 is 1.28 bits per heavy atom. The number of nitrogens with one attached hydrogen (secondary N) is 2. The highest BCUT2D eigenvalue weighted by atomic mass is 32.1. The molecule has 0 saturated carbocycles. The lowest BCUT2D eigenvalue weighted by atomic mass is 10.1. The zero-order valence-corrected chi connectivity index (χ0v) is 17.9. The van der Waals surface area contributed by atoms with Crippen LogP contribution in [0.4, 0.5) is 11.1 Å². The minimum atomic E-state index is -1.22. The summed E-state index contributed by atoms with van der Waals surface area (Å²) in [7, 11) is 0. The van der Waals surface area contributed by atoms with Crippen molar-refractivity contribution in [2.24, 2.45) is 0 Å². The Labute approximate surface area is 185 Å². The fraction of sp³-hybridized carbons (Fsp3) is 0.556. The van der Waals surface area contributed by atoms with Crippen LogP contribution in [-0.2, 0) is 16.0 Å². The van der Waals surface area contributed by atoms with Gasteiger partial charge in [0.2, 0.25) is 5.95 Å². The first-order valence-electron chi connectivity index (χ1n) is 10.2. The number of thiazole rings is 1. The maximum absolute atomic E-state index is 12.0. The highest BCUT2D eigenvalue weighted by Gasteiger charge is 2.44. The van der Waals surface area contributed by atoms with Gasteiger partial charge in [0.25, 0.3) is 5.56 Å². The van der Waals surface area contributed by atoms with Crippen LogP contribution in [0.15, 0.2) is 17.3 Å². The Kier molecular flexibility index (Phi) is 5.79. The van der Waals surface area contributed by atoms with E-state index >= 15 is 0 Å². The van der Waals surface area contributed by atoms with E-state index in [1.807, 2.05) is 6.20 Å². The van der Waals surface area contributed by atoms with Gasteiger partial charge in [0, 0.05) is 37.3 Å². The first kappa shape index (κ1) is 21.2. The minimum Gasteiger partial charge on any atom is -0.387 e. The Bertz CT molecular complexity index is 1140. The van der Waals surface area contributed by atoms with Crippen molar-refractivity contribution >= 4 is 33.6 Å². The third-order valence-electron chi connectivity index (χ3n) is 5.53. The van der Waals surface area contributed by atoms with E-state index in [9.17, 15) is 15.0 Å². The number of morpholine rings is 1. The van der Waals surface area contributed by atoms with E-state index < -0.39 is 30.1 Å². The number of imidazole rings is 1. The molecule has 13 nitrogen and oxygen atoms in total. The molecule has 0 spiro atoms. The molecule has 5 heterocycles. The molecule has 32 heavy (non-hydrogen) atoms. The molecule has 3 aromatic heterocycles. The molecular formula is C18H24N8O5S. The quantitative estimate of drug-likeness (QED) is 0.284. The van der Waals surface area contributed by atoms with Gasteiger partial charge in [-0.3, -0.25) is 14.3 Å². The van der Waals surface area contributed by atoms with Gasteiger partial charge in [-0.15, -0.1) is 11.3 Å². The third kappa shape index (κ3) is 3.96. The first-order chi connectivity index (χ1) is 15.5. The van der Waals surface area contributed by atoms with E-state index in [1.54, 1.807) is 11.3 Å². The van der Waals surface area contributed by atoms with Crippen LogP contribution >= 0.6 is 11.3 Å². The lowest BCUT2D eigenvalue weighted by Crippen LogP contribution is -2.37. The molecule has 172 valence electrons. The summed E-state index contributed by atoms with van der Waals surface area (Å²) in [6, 6.07) is 0. The third-order valence-corrected chi connectivity index (χ3v) is 6.59. The number of hydrogen-bond donors (Lipinski definition) is 5. The molecule has 6 N–H and O–H groups in total. The molecule has 0 amide bonds. The number of hydrogen-bond acceptors (Lipinski definition) is 12. The zero-order valence-electron chi connectivity index (χ0n) is 17.0. The van der Waals surface area contributed by atoms with Crippen LogP contribution in [0.5, 0.6) is 0 Å². The monoisotopic (exact) mass is 464 g/mol. The van der Waals surface area contributed by atoms with E-state index in [0.717, 1.165) is 23.1 Å². The maximum Gasteiger partial charge on any atom is 0.280 e. The van der Waals surface area contributed by atoms with Gasteiger partial charge >= 0.3 is 0 Å². The topological polar surface area (TPSA) is 177 Å². The normalized spacial score (nSPS) is 26.2. The summed E-state index contributed by atoms with van der Waals surface area (Å²) in [5.74, 6) is -0.0727. The van der Waals surface area contributed by atoms with Crippen LogP contribution < -0.4 is 21.5 Å². The maximum atomic E-state index is 12.0. The highest BCUT2D eigenvalue weighted by molar-refractivity contribution is 7.15. The van der Waals surface area contributed by atoms with Crippen molar-refractivity contribution in [3.05, 3.63) is 27.8 Å². The van der Waals surface area contributed by atoms with Crippen LogP contribution in [0.25, 0.3) is 11.2 Å². The number of nitrogens with two attached hydrogens (primary N) is 1. The van der Waals surface area contributed by atoms with Crippen molar-refractivity contribution in [1.82, 2.24) is 29.8 Å². The molecule has 0 aromatic carbocycles. The van der Waals surface area contributed by atoms with E-state index in [4.69, 9.17) is 15.2 Å². The molecule has 0 radical (unpaired) electrons. The smallest absolute Gasteiger partial charge is 0.280 e. The number of aromatic amines is 1. The molecule has 2 saturated heterocycles. The second-order valence-corrected chi connectivity index (χ2v) is 8.75. The number of fused-ring (bicyclic) bond motifs is 1. The summed E-state index contributed by atoms with van der Waals surface area (Å²) in [5.41, 5.74) is 5.39. The number of ether oxygens (including phenoxy) is 2. The lowest BCUT2D eigenvalue weighted by molar-refractivity contribution is -0.0342. The van der Waals surface area contributed by atoms with Crippen LogP contribution in [-0.4, -0.2) is 85.9 Å². The molecule has 0 unspecified atom stereocenters. The number of aromatic nitrogens is 5. The fourth-order valence-electron chi connectivity index (χ4n) is 3.87. The zero-order chi connectivity index (χ0) is 22.2. The fourth-order valence-corrected chi connectivity index (χ4v) is 4.81. The summed E-state index contributed by atoms with van der Waals surface area (Å²) in [5, 5.41) is 25.2. The first-order valence-corrected chi connectivity index (χ1v) is 11.0. The molecule has 0 aliphatic carbocycles. The number of anilines is 2. The second kappa shape index (κ2) is 8.73. The highest BCUT2D eigenvalue weighted by Crippen LogP contribution is 2.31. The molecule has 2 aliphatic rings. The van der Waals surface area contributed by atoms with Gasteiger partial charge in [-0.05, 0) is 0 Å². The summed E-state index contributed by atoms with van der Waals surface area (Å²) in [6.45, 7) is 3.93. The van der Waals surface area contributed by atoms with Gasteiger partial charge in [-0.1, -0.05) is 0 Å². The average Bonchev–Trinajstić information content (AvgIpc) is 3.49. The summed E-state index contributed by atoms with van der Waals surface area (Å²) < 4.78 is 12.7. The summed E-state index contributed by atoms with van der Waals surface area (Å²) in [4.78, 5) is 30.2. The van der Waals surface area contributed by atoms with E-state index in [1.165, 1.54) is 10.9 Å². The van der Waals surface area contributed by atoms with Gasteiger partial charge in [-0.2, -0.15) is 4.98 Å². The number of nitrogens with zero attached hydrogens (tertiary/aromatic N) is 5. The van der Waals surface area contributed by atoms with E-state index in [2.05, 4.69) is 30.2 Å². The molecule has 14 heteroatoms. The van der Waals surface area contributed by atoms with E-state index in [-0.39, 0.29) is 17.1 Å². The van der Waals surface area contributed by atoms with Crippen molar-refractivity contribution in [3.63, 3.8) is 0 Å². The van der Waals surface area contributed by atoms with Gasteiger partial charge in [0.05, 0.1) is 19.5 Å². The number of nitrogen functional groups attached to an aromatic ring is 1. The van der Waals surface area contributed by atoms with Crippen molar-refractivity contribution in [1.29, 1.82) is 0 Å². The Hall–Kier alpha value is -2.62. The van der Waals surface area contributed by atoms with Crippen LogP contribution in [0.1, 0.15) is 11.1 Å². The number of rotatable bonds is 6. The summed E-state index contributed by atoms with van der Waals surface area (Å²) in [6.07, 6.45) is -0.803. The standard InChI is InChI=1S/C18H24N8O5S/c19-17-23-14-11(15(29)24-17)22-8-26(14)16-13(28)12(27)10(31-16)7-20-5-9-6-21-18(32-9)25-1-3-30-4-2-25/h6,8,10,12-13,16,20,27-28H,1-5,7H2,(H3,19,23,24,29)/t10-,12-,13-,16-/m1/s1. The van der Waals surface area contributed by atoms with Crippen LogP contribution in [0, 0.1) is 0 Å². The minimum absolute atomic E-state index is 0.0727. The van der Waals surface area contributed by atoms with Crippen LogP contribution in [0.3, 0.4) is 0 Å². The largest absolute Gasteiger partial charge is 0.387 e. The Balaban J connectivity index is 1.22. The lowest BCUT2D eigenvalue weighted by Gasteiger charge is -2.25. The number of H-pyrrole nitrogens is 1. The van der Waals surface area contributed by atoms with Gasteiger partial charge in [0.15, 0.2) is 22.5 Å². The molecular weight excluding hydrogens is 440 g/mol. The SMILES string of the molecule is Nc1nc2c(ncn2[C@@H]2O[C@H](CNCc3cnc(N4CCOCC4)s3)[C@@H](O)[C@H]2O)c(=O)[nH]1. The second-order valence-electron chi connectivity index (χ2n) is 7.66. The van der Waals surface area contributed by atoms with Gasteiger partial charge < -0.3 is 35.6 Å². The van der Waals surface area contributed by atoms with Crippen molar-refractivity contribution in [2.75, 3.05) is 43.5 Å². The Morgan fingerprint density at radius 3 is 2.91 bits per heavy atom. The number of aliphatic hydroxyl groups is 2. The predicted molar refractivity (Wildman–Crippen MR) is 115 cm³/mol. The van der Waals surface area contributed by atoms with E-state index in [0.29, 0.717) is 26.3 Å². The molecule has 0 bridgehead atoms. The molecule has 4 atom stereocenters. The Morgan fingerprint density at radius 2 is 2.09 bits per heavy atom. The molecule has 2 aliphatic heterocycles. The predicted octanol–water partition coefficient (Wildman–Crippen LogP) is -1.60. The molecule has 2 fully saturated rings. The average molecular weight is 465 g/mol. The van der Waals surface area contributed by atoms with Crippen molar-refractivity contribution < 1.29 is 19.7 Å². The van der Waals surface area contributed by atoms with Gasteiger partial charge in [0.1, 0.15) is 18.3 Å². The van der Waals surface area contributed by atoms with Crippen molar-refractivity contribution in [3.8, 4) is 0 Å². The number of aliphatic hydroxyl groups excluding tert-OH is 2. The molecule has 5 rings (SSSR count). The van der Waals surface area contributed by atoms with Crippen molar-refractivity contribution in [2.45, 2.75) is 31.1 Å². The van der Waals surface area contributed by atoms with Crippen LogP contribution in [0.2, 0.25) is 0 Å². The molecule has 3 aromatic rings. The summed E-state index contributed by atoms with van der Waals surface area (Å²) >= 11 is 1.60.